The predicted molar refractivity (Wildman–Crippen MR) is 112 cm³/mol. The molecule has 6 nitrogen and oxygen atoms in total. The van der Waals surface area contributed by atoms with E-state index in [0.717, 1.165) is 18.4 Å². The molecule has 2 amide bonds. The third-order valence-electron chi connectivity index (χ3n) is 5.71. The average Bonchev–Trinajstić information content (AvgIpc) is 3.25. The molecule has 3 N–H and O–H groups in total. The highest BCUT2D eigenvalue weighted by Gasteiger charge is 2.37. The topological polar surface area (TPSA) is 73.5 Å². The van der Waals surface area contributed by atoms with E-state index in [1.807, 2.05) is 59.5 Å². The summed E-state index contributed by atoms with van der Waals surface area (Å²) in [6.07, 6.45) is 1.53. The van der Waals surface area contributed by atoms with Crippen LogP contribution in [0.25, 0.3) is 0 Å². The van der Waals surface area contributed by atoms with Crippen LogP contribution in [0.1, 0.15) is 34.8 Å². The monoisotopic (exact) mass is 412 g/mol. The summed E-state index contributed by atoms with van der Waals surface area (Å²) in [6.45, 7) is 1.90. The van der Waals surface area contributed by atoms with Gasteiger partial charge in [-0.1, -0.05) is 41.9 Å². The van der Waals surface area contributed by atoms with Gasteiger partial charge in [-0.25, -0.2) is 5.43 Å². The molecular formula is C22H25ClN4O2. The molecular weight excluding hydrogens is 388 g/mol. The number of hydrogen-bond donors (Lipinski definition) is 3. The summed E-state index contributed by atoms with van der Waals surface area (Å²) >= 11 is 5.99. The number of nitrogens with zero attached hydrogens (tertiary/aromatic N) is 1. The molecule has 0 radical (unpaired) electrons. The van der Waals surface area contributed by atoms with Crippen molar-refractivity contribution in [3.05, 3.63) is 70.7 Å². The van der Waals surface area contributed by atoms with Crippen LogP contribution >= 0.6 is 11.6 Å². The van der Waals surface area contributed by atoms with Crippen molar-refractivity contribution in [2.24, 2.45) is 5.92 Å². The van der Waals surface area contributed by atoms with Gasteiger partial charge in [0.15, 0.2) is 0 Å². The number of hydrazine groups is 1. The lowest BCUT2D eigenvalue weighted by Crippen LogP contribution is -2.49. The van der Waals surface area contributed by atoms with Crippen LogP contribution < -0.4 is 16.2 Å². The SMILES string of the molecule is O=C(NC1CCN(C(=O)C2CNNC2c2ccc(Cl)cc2)CC1)c1ccccc1. The molecule has 2 saturated heterocycles. The third kappa shape index (κ3) is 4.61. The fourth-order valence-electron chi connectivity index (χ4n) is 4.05. The number of benzene rings is 2. The molecule has 2 fully saturated rings. The second-order valence-electron chi connectivity index (χ2n) is 7.60. The molecule has 2 unspecified atom stereocenters. The largest absolute Gasteiger partial charge is 0.349 e. The van der Waals surface area contributed by atoms with Gasteiger partial charge in [-0.3, -0.25) is 15.0 Å². The van der Waals surface area contributed by atoms with Crippen molar-refractivity contribution in [1.29, 1.82) is 0 Å². The maximum absolute atomic E-state index is 13.1. The zero-order valence-corrected chi connectivity index (χ0v) is 16.9. The minimum atomic E-state index is -0.161. The maximum atomic E-state index is 13.1. The van der Waals surface area contributed by atoms with Crippen LogP contribution in [-0.4, -0.2) is 42.4 Å². The molecule has 7 heteroatoms. The van der Waals surface area contributed by atoms with Crippen molar-refractivity contribution < 1.29 is 9.59 Å². The smallest absolute Gasteiger partial charge is 0.251 e. The van der Waals surface area contributed by atoms with E-state index in [9.17, 15) is 9.59 Å². The van der Waals surface area contributed by atoms with Gasteiger partial charge in [0.25, 0.3) is 5.91 Å². The Morgan fingerprint density at radius 1 is 1.00 bits per heavy atom. The van der Waals surface area contributed by atoms with Crippen molar-refractivity contribution in [2.75, 3.05) is 19.6 Å². The fraction of sp³-hybridized carbons (Fsp3) is 0.364. The summed E-state index contributed by atoms with van der Waals surface area (Å²) in [4.78, 5) is 27.4. The molecule has 2 heterocycles. The molecule has 2 aliphatic heterocycles. The van der Waals surface area contributed by atoms with Crippen LogP contribution in [-0.2, 0) is 4.79 Å². The minimum absolute atomic E-state index is 0.0534. The van der Waals surface area contributed by atoms with Gasteiger partial charge in [-0.15, -0.1) is 0 Å². The summed E-state index contributed by atoms with van der Waals surface area (Å²) in [6, 6.07) is 16.9. The van der Waals surface area contributed by atoms with E-state index < -0.39 is 0 Å². The van der Waals surface area contributed by atoms with E-state index >= 15 is 0 Å². The number of amides is 2. The summed E-state index contributed by atoms with van der Waals surface area (Å²) in [7, 11) is 0. The number of nitrogens with one attached hydrogen (secondary N) is 3. The molecule has 4 rings (SSSR count). The van der Waals surface area contributed by atoms with Crippen molar-refractivity contribution in [3.63, 3.8) is 0 Å². The van der Waals surface area contributed by atoms with Gasteiger partial charge < -0.3 is 10.2 Å². The molecule has 0 aliphatic carbocycles. The first-order chi connectivity index (χ1) is 14.1. The standard InChI is InChI=1S/C22H25ClN4O2/c23-17-8-6-15(7-9-17)20-19(14-24-26-20)22(29)27-12-10-18(11-13-27)25-21(28)16-4-2-1-3-5-16/h1-9,18-20,24,26H,10-14H2,(H,25,28). The van der Waals surface area contributed by atoms with Gasteiger partial charge in [-0.05, 0) is 42.7 Å². The first kappa shape index (κ1) is 19.9. The number of piperidine rings is 1. The van der Waals surface area contributed by atoms with E-state index in [1.54, 1.807) is 0 Å². The van der Waals surface area contributed by atoms with Crippen molar-refractivity contribution in [3.8, 4) is 0 Å². The normalized spacial score (nSPS) is 22.4. The Kier molecular flexibility index (Phi) is 6.13. The van der Waals surface area contributed by atoms with Crippen molar-refractivity contribution >= 4 is 23.4 Å². The predicted octanol–water partition coefficient (Wildman–Crippen LogP) is 2.53. The van der Waals surface area contributed by atoms with E-state index in [-0.39, 0.29) is 29.8 Å². The fourth-order valence-corrected chi connectivity index (χ4v) is 4.18. The highest BCUT2D eigenvalue weighted by Crippen LogP contribution is 2.28. The summed E-state index contributed by atoms with van der Waals surface area (Å²) in [5.74, 6) is -0.0655. The summed E-state index contributed by atoms with van der Waals surface area (Å²) in [5.41, 5.74) is 8.05. The maximum Gasteiger partial charge on any atom is 0.251 e. The third-order valence-corrected chi connectivity index (χ3v) is 5.96. The second kappa shape index (κ2) is 8.95. The van der Waals surface area contributed by atoms with Crippen molar-refractivity contribution in [1.82, 2.24) is 21.1 Å². The number of rotatable bonds is 4. The lowest BCUT2D eigenvalue weighted by Gasteiger charge is -2.34. The van der Waals surface area contributed by atoms with E-state index in [1.165, 1.54) is 0 Å². The molecule has 2 aromatic rings. The Labute approximate surface area is 175 Å². The van der Waals surface area contributed by atoms with Gasteiger partial charge in [0.1, 0.15) is 0 Å². The molecule has 152 valence electrons. The number of hydrogen-bond acceptors (Lipinski definition) is 4. The van der Waals surface area contributed by atoms with E-state index in [4.69, 9.17) is 11.6 Å². The summed E-state index contributed by atoms with van der Waals surface area (Å²) in [5, 5.41) is 3.77. The highest BCUT2D eigenvalue weighted by molar-refractivity contribution is 6.30. The lowest BCUT2D eigenvalue weighted by molar-refractivity contribution is -0.136. The number of carbonyl (C=O) groups excluding carboxylic acids is 2. The summed E-state index contributed by atoms with van der Waals surface area (Å²) < 4.78 is 0. The Morgan fingerprint density at radius 3 is 2.38 bits per heavy atom. The number of likely N-dealkylation sites (tertiary alicyclic amines) is 1. The molecule has 0 bridgehead atoms. The zero-order chi connectivity index (χ0) is 20.2. The Morgan fingerprint density at radius 2 is 1.69 bits per heavy atom. The number of halogens is 1. The van der Waals surface area contributed by atoms with Crippen LogP contribution in [0.4, 0.5) is 0 Å². The molecule has 0 aromatic heterocycles. The molecule has 2 aromatic carbocycles. The lowest BCUT2D eigenvalue weighted by atomic mass is 9.92. The minimum Gasteiger partial charge on any atom is -0.349 e. The Balaban J connectivity index is 1.32. The Bertz CT molecular complexity index is 851. The van der Waals surface area contributed by atoms with Gasteiger partial charge in [0.05, 0.1) is 12.0 Å². The molecule has 0 saturated carbocycles. The molecule has 29 heavy (non-hydrogen) atoms. The van der Waals surface area contributed by atoms with Gasteiger partial charge in [0, 0.05) is 36.3 Å². The van der Waals surface area contributed by atoms with E-state index in [2.05, 4.69) is 16.2 Å². The molecule has 2 aliphatic rings. The van der Waals surface area contributed by atoms with Gasteiger partial charge in [-0.2, -0.15) is 0 Å². The second-order valence-corrected chi connectivity index (χ2v) is 8.04. The van der Waals surface area contributed by atoms with Gasteiger partial charge in [0.2, 0.25) is 5.91 Å². The van der Waals surface area contributed by atoms with Gasteiger partial charge >= 0.3 is 0 Å². The zero-order valence-electron chi connectivity index (χ0n) is 16.1. The first-order valence-corrected chi connectivity index (χ1v) is 10.4. The number of carbonyl (C=O) groups is 2. The Hall–Kier alpha value is -2.41. The molecule has 0 spiro atoms. The van der Waals surface area contributed by atoms with Crippen LogP contribution in [0.2, 0.25) is 5.02 Å². The first-order valence-electron chi connectivity index (χ1n) is 10.0. The highest BCUT2D eigenvalue weighted by atomic mass is 35.5. The van der Waals surface area contributed by atoms with Crippen molar-refractivity contribution in [2.45, 2.75) is 24.9 Å². The average molecular weight is 413 g/mol. The molecule has 2 atom stereocenters. The van der Waals surface area contributed by atoms with Crippen LogP contribution in [0.15, 0.2) is 54.6 Å². The van der Waals surface area contributed by atoms with Crippen LogP contribution in [0, 0.1) is 5.92 Å². The van der Waals surface area contributed by atoms with Crippen LogP contribution in [0.3, 0.4) is 0 Å². The van der Waals surface area contributed by atoms with E-state index in [0.29, 0.717) is 30.2 Å². The van der Waals surface area contributed by atoms with Crippen LogP contribution in [0.5, 0.6) is 0 Å². The quantitative estimate of drug-likeness (QED) is 0.721.